The highest BCUT2D eigenvalue weighted by Crippen LogP contribution is 2.45. The summed E-state index contributed by atoms with van der Waals surface area (Å²) in [6.45, 7) is 0. The summed E-state index contributed by atoms with van der Waals surface area (Å²) in [5, 5.41) is 3.97. The molecule has 0 unspecified atom stereocenters. The first-order valence-electron chi connectivity index (χ1n) is 11.0. The van der Waals surface area contributed by atoms with E-state index in [9.17, 15) is 14.0 Å². The Morgan fingerprint density at radius 3 is 2.35 bits per heavy atom. The molecule has 6 rings (SSSR count). The van der Waals surface area contributed by atoms with Crippen LogP contribution in [0.2, 0.25) is 0 Å². The molecular weight excluding hydrogens is 431 g/mol. The van der Waals surface area contributed by atoms with E-state index in [1.54, 1.807) is 13.1 Å². The maximum atomic E-state index is 14.3. The fraction of sp³-hybridized carbons (Fsp3) is 0.111. The molecule has 6 nitrogen and oxygen atoms in total. The van der Waals surface area contributed by atoms with Gasteiger partial charge < -0.3 is 9.88 Å². The zero-order valence-corrected chi connectivity index (χ0v) is 18.6. The van der Waals surface area contributed by atoms with E-state index in [1.807, 2.05) is 65.2 Å². The van der Waals surface area contributed by atoms with Crippen molar-refractivity contribution in [2.24, 2.45) is 14.1 Å². The summed E-state index contributed by atoms with van der Waals surface area (Å²) in [6.07, 6.45) is 0. The molecule has 34 heavy (non-hydrogen) atoms. The highest BCUT2D eigenvalue weighted by atomic mass is 19.1. The van der Waals surface area contributed by atoms with Crippen molar-refractivity contribution in [2.45, 2.75) is 6.04 Å². The van der Waals surface area contributed by atoms with E-state index < -0.39 is 11.7 Å². The molecule has 0 amide bonds. The third kappa shape index (κ3) is 2.73. The van der Waals surface area contributed by atoms with Gasteiger partial charge in [0.2, 0.25) is 0 Å². The second-order valence-corrected chi connectivity index (χ2v) is 8.51. The number of para-hydroxylation sites is 2. The van der Waals surface area contributed by atoms with Crippen LogP contribution in [0.1, 0.15) is 17.3 Å². The van der Waals surface area contributed by atoms with E-state index >= 15 is 0 Å². The number of benzene rings is 3. The Labute approximate surface area is 194 Å². The molecule has 0 spiro atoms. The molecule has 3 heterocycles. The van der Waals surface area contributed by atoms with Crippen LogP contribution in [-0.4, -0.2) is 13.7 Å². The number of anilines is 1. The quantitative estimate of drug-likeness (QED) is 0.433. The van der Waals surface area contributed by atoms with Gasteiger partial charge in [-0.15, -0.1) is 0 Å². The van der Waals surface area contributed by atoms with Crippen molar-refractivity contribution in [3.8, 4) is 16.9 Å². The summed E-state index contributed by atoms with van der Waals surface area (Å²) in [6, 6.07) is 23.4. The van der Waals surface area contributed by atoms with Crippen molar-refractivity contribution in [1.29, 1.82) is 0 Å². The SMILES string of the molecule is Cn1c(=O)c2c(-c3ccccc3)n3c(c2n(C)c1=O)[C@@H](c1cccc(F)c1)Nc1ccccc1-3. The van der Waals surface area contributed by atoms with E-state index in [0.717, 1.165) is 27.2 Å². The van der Waals surface area contributed by atoms with E-state index in [2.05, 4.69) is 5.32 Å². The molecule has 7 heteroatoms. The van der Waals surface area contributed by atoms with Crippen LogP contribution in [0.15, 0.2) is 88.5 Å². The first-order valence-corrected chi connectivity index (χ1v) is 11.0. The maximum absolute atomic E-state index is 14.3. The van der Waals surface area contributed by atoms with Gasteiger partial charge in [-0.05, 0) is 35.4 Å². The predicted octanol–water partition coefficient (Wildman–Crippen LogP) is 4.35. The van der Waals surface area contributed by atoms with Crippen LogP contribution in [-0.2, 0) is 14.1 Å². The third-order valence-corrected chi connectivity index (χ3v) is 6.56. The van der Waals surface area contributed by atoms with Gasteiger partial charge in [-0.3, -0.25) is 13.9 Å². The van der Waals surface area contributed by atoms with Crippen LogP contribution in [0.4, 0.5) is 10.1 Å². The monoisotopic (exact) mass is 452 g/mol. The number of fused-ring (bicyclic) bond motifs is 5. The first kappa shape index (κ1) is 20.2. The van der Waals surface area contributed by atoms with Gasteiger partial charge in [0.05, 0.1) is 39.7 Å². The lowest BCUT2D eigenvalue weighted by Gasteiger charge is -2.31. The normalized spacial score (nSPS) is 14.5. The van der Waals surface area contributed by atoms with E-state index in [4.69, 9.17) is 0 Å². The number of nitrogens with zero attached hydrogens (tertiary/aromatic N) is 3. The highest BCUT2D eigenvalue weighted by molar-refractivity contribution is 5.99. The molecule has 1 aliphatic rings. The lowest BCUT2D eigenvalue weighted by molar-refractivity contribution is 0.623. The lowest BCUT2D eigenvalue weighted by atomic mass is 9.99. The van der Waals surface area contributed by atoms with E-state index in [0.29, 0.717) is 22.2 Å². The molecule has 1 atom stereocenters. The molecule has 5 aromatic rings. The molecule has 0 bridgehead atoms. The van der Waals surface area contributed by atoms with Crippen LogP contribution in [0.3, 0.4) is 0 Å². The van der Waals surface area contributed by atoms with Crippen LogP contribution >= 0.6 is 0 Å². The Balaban J connectivity index is 1.87. The minimum atomic E-state index is -0.483. The second-order valence-electron chi connectivity index (χ2n) is 8.51. The minimum absolute atomic E-state index is 0.353. The van der Waals surface area contributed by atoms with Gasteiger partial charge in [-0.1, -0.05) is 54.6 Å². The number of aryl methyl sites for hydroxylation is 1. The van der Waals surface area contributed by atoms with Gasteiger partial charge in [0.25, 0.3) is 5.56 Å². The maximum Gasteiger partial charge on any atom is 0.331 e. The van der Waals surface area contributed by atoms with Crippen molar-refractivity contribution in [1.82, 2.24) is 13.7 Å². The average molecular weight is 452 g/mol. The third-order valence-electron chi connectivity index (χ3n) is 6.56. The number of hydrogen-bond acceptors (Lipinski definition) is 3. The molecule has 0 fully saturated rings. The number of nitrogens with one attached hydrogen (secondary N) is 1. The number of halogens is 1. The molecule has 0 radical (unpaired) electrons. The molecular formula is C27H21FN4O2. The Bertz CT molecular complexity index is 1710. The zero-order valence-electron chi connectivity index (χ0n) is 18.6. The Morgan fingerprint density at radius 2 is 1.59 bits per heavy atom. The number of hydrogen-bond donors (Lipinski definition) is 1. The van der Waals surface area contributed by atoms with Gasteiger partial charge in [0.15, 0.2) is 0 Å². The lowest BCUT2D eigenvalue weighted by Crippen LogP contribution is -2.37. The molecule has 0 saturated heterocycles. The molecule has 0 aliphatic carbocycles. The summed E-state index contributed by atoms with van der Waals surface area (Å²) >= 11 is 0. The predicted molar refractivity (Wildman–Crippen MR) is 131 cm³/mol. The molecule has 168 valence electrons. The first-order chi connectivity index (χ1) is 16.5. The van der Waals surface area contributed by atoms with Gasteiger partial charge in [-0.25, -0.2) is 9.18 Å². The van der Waals surface area contributed by atoms with E-state index in [-0.39, 0.29) is 11.4 Å². The van der Waals surface area contributed by atoms with E-state index in [1.165, 1.54) is 23.7 Å². The smallest absolute Gasteiger partial charge is 0.331 e. The summed E-state index contributed by atoms with van der Waals surface area (Å²) in [5.41, 5.74) is 4.43. The molecule has 1 aliphatic heterocycles. The zero-order chi connectivity index (χ0) is 23.6. The van der Waals surface area contributed by atoms with Crippen LogP contribution in [0.25, 0.3) is 27.8 Å². The number of rotatable bonds is 2. The second kappa shape index (κ2) is 7.31. The van der Waals surface area contributed by atoms with Gasteiger partial charge in [-0.2, -0.15) is 0 Å². The van der Waals surface area contributed by atoms with Crippen molar-refractivity contribution in [2.75, 3.05) is 5.32 Å². The minimum Gasteiger partial charge on any atom is -0.371 e. The Hall–Kier alpha value is -4.39. The van der Waals surface area contributed by atoms with Crippen molar-refractivity contribution >= 4 is 16.6 Å². The molecule has 0 saturated carbocycles. The van der Waals surface area contributed by atoms with Crippen LogP contribution in [0.5, 0.6) is 0 Å². The van der Waals surface area contributed by atoms with Crippen molar-refractivity contribution in [3.05, 3.63) is 117 Å². The topological polar surface area (TPSA) is 61.0 Å². The standard InChI is InChI=1S/C27H21FN4O2/c1-30-24-21(26(33)31(2)27(30)34)23(16-9-4-3-5-10-16)32-20-14-7-6-13-19(20)29-22(25(24)32)17-11-8-12-18(28)15-17/h3-15,22,29H,1-2H3/t22-/m1/s1. The van der Waals surface area contributed by atoms with Crippen molar-refractivity contribution < 1.29 is 4.39 Å². The fourth-order valence-corrected chi connectivity index (χ4v) is 5.02. The summed E-state index contributed by atoms with van der Waals surface area (Å²) in [7, 11) is 3.16. The molecule has 1 N–H and O–H groups in total. The van der Waals surface area contributed by atoms with Crippen LogP contribution in [0, 0.1) is 5.82 Å². The van der Waals surface area contributed by atoms with Crippen LogP contribution < -0.4 is 16.6 Å². The summed E-state index contributed by atoms with van der Waals surface area (Å²) < 4.78 is 19.0. The highest BCUT2D eigenvalue weighted by Gasteiger charge is 2.34. The summed E-state index contributed by atoms with van der Waals surface area (Å²) in [4.78, 5) is 26.6. The van der Waals surface area contributed by atoms with Crippen molar-refractivity contribution in [3.63, 3.8) is 0 Å². The molecule has 2 aromatic heterocycles. The van der Waals surface area contributed by atoms with Gasteiger partial charge >= 0.3 is 5.69 Å². The molecule has 3 aromatic carbocycles. The van der Waals surface area contributed by atoms with Gasteiger partial charge in [0, 0.05) is 14.1 Å². The Morgan fingerprint density at radius 1 is 0.853 bits per heavy atom. The fourth-order valence-electron chi connectivity index (χ4n) is 5.02. The Kier molecular flexibility index (Phi) is 4.35. The largest absolute Gasteiger partial charge is 0.371 e. The summed E-state index contributed by atoms with van der Waals surface area (Å²) in [5.74, 6) is -0.353. The average Bonchev–Trinajstić information content (AvgIpc) is 3.23. The number of aromatic nitrogens is 3. The van der Waals surface area contributed by atoms with Gasteiger partial charge in [0.1, 0.15) is 5.82 Å².